The zero-order valence-corrected chi connectivity index (χ0v) is 12.4. The van der Waals surface area contributed by atoms with Crippen LogP contribution < -0.4 is 4.90 Å². The Balaban J connectivity index is 2.48. The molecule has 0 saturated carbocycles. The number of hydrogen-bond donors (Lipinski definition) is 0. The molecule has 1 aromatic heterocycles. The molecule has 104 valence electrons. The minimum atomic E-state index is 0.240. The fraction of sp³-hybridized carbons (Fsp3) is 0.400. The van der Waals surface area contributed by atoms with Crippen LogP contribution in [0, 0.1) is 17.2 Å². The van der Waals surface area contributed by atoms with Gasteiger partial charge in [0.25, 0.3) is 0 Å². The van der Waals surface area contributed by atoms with Crippen molar-refractivity contribution in [3.8, 4) is 6.07 Å². The van der Waals surface area contributed by atoms with Gasteiger partial charge in [-0.2, -0.15) is 10.2 Å². The fourth-order valence-electron chi connectivity index (χ4n) is 2.18. The van der Waals surface area contributed by atoms with Crippen molar-refractivity contribution in [3.05, 3.63) is 29.5 Å². The SMILES string of the molecule is CC(C)CN(CCC#N)c1nc(Cl)nc2ccccc12. The van der Waals surface area contributed by atoms with Crippen LogP contribution in [-0.2, 0) is 0 Å². The molecule has 0 aliphatic heterocycles. The van der Waals surface area contributed by atoms with Crippen LogP contribution >= 0.6 is 11.6 Å². The first-order valence-electron chi connectivity index (χ1n) is 6.66. The summed E-state index contributed by atoms with van der Waals surface area (Å²) in [4.78, 5) is 10.7. The molecule has 0 N–H and O–H groups in total. The van der Waals surface area contributed by atoms with E-state index in [9.17, 15) is 0 Å². The summed E-state index contributed by atoms with van der Waals surface area (Å²) in [6.45, 7) is 5.76. The molecule has 0 bridgehead atoms. The molecular weight excluding hydrogens is 272 g/mol. The van der Waals surface area contributed by atoms with E-state index < -0.39 is 0 Å². The van der Waals surface area contributed by atoms with Gasteiger partial charge < -0.3 is 4.90 Å². The minimum Gasteiger partial charge on any atom is -0.355 e. The lowest BCUT2D eigenvalue weighted by Gasteiger charge is -2.25. The summed E-state index contributed by atoms with van der Waals surface area (Å²) in [5, 5.41) is 10.0. The van der Waals surface area contributed by atoms with Crippen molar-refractivity contribution >= 4 is 28.3 Å². The Labute approximate surface area is 124 Å². The van der Waals surface area contributed by atoms with Crippen molar-refractivity contribution in [3.63, 3.8) is 0 Å². The van der Waals surface area contributed by atoms with Crippen LogP contribution in [-0.4, -0.2) is 23.1 Å². The van der Waals surface area contributed by atoms with Crippen molar-refractivity contribution in [2.45, 2.75) is 20.3 Å². The summed E-state index contributed by atoms with van der Waals surface area (Å²) < 4.78 is 0. The van der Waals surface area contributed by atoms with Crippen LogP contribution in [0.15, 0.2) is 24.3 Å². The number of benzene rings is 1. The molecule has 0 aliphatic rings. The summed E-state index contributed by atoms with van der Waals surface area (Å²) in [5.41, 5.74) is 0.827. The molecule has 1 heterocycles. The fourth-order valence-corrected chi connectivity index (χ4v) is 2.35. The summed E-state index contributed by atoms with van der Waals surface area (Å²) in [6, 6.07) is 9.98. The third kappa shape index (κ3) is 3.37. The van der Waals surface area contributed by atoms with E-state index in [-0.39, 0.29) is 5.28 Å². The van der Waals surface area contributed by atoms with E-state index in [2.05, 4.69) is 34.8 Å². The lowest BCUT2D eigenvalue weighted by molar-refractivity contribution is 0.609. The predicted octanol–water partition coefficient (Wildman–Crippen LogP) is 3.66. The Morgan fingerprint density at radius 1 is 1.30 bits per heavy atom. The average molecular weight is 289 g/mol. The highest BCUT2D eigenvalue weighted by atomic mass is 35.5. The van der Waals surface area contributed by atoms with Crippen LogP contribution in [0.3, 0.4) is 0 Å². The van der Waals surface area contributed by atoms with Crippen molar-refractivity contribution in [2.24, 2.45) is 5.92 Å². The van der Waals surface area contributed by atoms with Crippen molar-refractivity contribution in [2.75, 3.05) is 18.0 Å². The number of halogens is 1. The van der Waals surface area contributed by atoms with Gasteiger partial charge in [0, 0.05) is 18.5 Å². The quantitative estimate of drug-likeness (QED) is 0.788. The molecule has 2 aromatic rings. The Morgan fingerprint density at radius 2 is 2.05 bits per heavy atom. The molecule has 4 nitrogen and oxygen atoms in total. The predicted molar refractivity (Wildman–Crippen MR) is 81.8 cm³/mol. The third-order valence-electron chi connectivity index (χ3n) is 2.93. The van der Waals surface area contributed by atoms with Gasteiger partial charge in [0.05, 0.1) is 18.0 Å². The number of aromatic nitrogens is 2. The standard InChI is InChI=1S/C15H17ClN4/c1-11(2)10-20(9-5-8-17)14-12-6-3-4-7-13(12)18-15(16)19-14/h3-4,6-7,11H,5,9-10H2,1-2H3. The molecule has 1 aromatic carbocycles. The van der Waals surface area contributed by atoms with E-state index >= 15 is 0 Å². The number of rotatable bonds is 5. The summed E-state index contributed by atoms with van der Waals surface area (Å²) in [7, 11) is 0. The topological polar surface area (TPSA) is 52.8 Å². The van der Waals surface area contributed by atoms with Crippen LogP contribution in [0.4, 0.5) is 5.82 Å². The molecule has 0 unspecified atom stereocenters. The maximum atomic E-state index is 8.83. The van der Waals surface area contributed by atoms with Gasteiger partial charge in [-0.25, -0.2) is 4.98 Å². The number of nitrogens with zero attached hydrogens (tertiary/aromatic N) is 4. The molecule has 0 atom stereocenters. The first-order chi connectivity index (χ1) is 9.61. The summed E-state index contributed by atoms with van der Waals surface area (Å²) >= 11 is 6.02. The first kappa shape index (κ1) is 14.5. The highest BCUT2D eigenvalue weighted by Gasteiger charge is 2.15. The van der Waals surface area contributed by atoms with Crippen molar-refractivity contribution in [1.29, 1.82) is 5.26 Å². The second-order valence-corrected chi connectivity index (χ2v) is 5.42. The van der Waals surface area contributed by atoms with Crippen molar-refractivity contribution in [1.82, 2.24) is 9.97 Å². The number of nitriles is 1. The van der Waals surface area contributed by atoms with Crippen LogP contribution in [0.5, 0.6) is 0 Å². The van der Waals surface area contributed by atoms with E-state index in [1.165, 1.54) is 0 Å². The number of hydrogen-bond acceptors (Lipinski definition) is 4. The molecule has 0 aliphatic carbocycles. The molecule has 0 saturated heterocycles. The molecule has 0 fully saturated rings. The number of fused-ring (bicyclic) bond motifs is 1. The normalized spacial score (nSPS) is 10.8. The maximum absolute atomic E-state index is 8.83. The Morgan fingerprint density at radius 3 is 2.75 bits per heavy atom. The van der Waals surface area contributed by atoms with E-state index in [4.69, 9.17) is 16.9 Å². The van der Waals surface area contributed by atoms with Crippen LogP contribution in [0.25, 0.3) is 10.9 Å². The maximum Gasteiger partial charge on any atom is 0.224 e. The molecule has 0 radical (unpaired) electrons. The molecule has 0 spiro atoms. The molecule has 20 heavy (non-hydrogen) atoms. The van der Waals surface area contributed by atoms with Gasteiger partial charge in [-0.15, -0.1) is 0 Å². The van der Waals surface area contributed by atoms with E-state index in [1.807, 2.05) is 24.3 Å². The lowest BCUT2D eigenvalue weighted by atomic mass is 10.1. The number of anilines is 1. The second-order valence-electron chi connectivity index (χ2n) is 5.08. The van der Waals surface area contributed by atoms with Gasteiger partial charge in [-0.3, -0.25) is 0 Å². The monoisotopic (exact) mass is 288 g/mol. The van der Waals surface area contributed by atoms with E-state index in [1.54, 1.807) is 0 Å². The lowest BCUT2D eigenvalue weighted by Crippen LogP contribution is -2.29. The molecule has 5 heteroatoms. The third-order valence-corrected chi connectivity index (χ3v) is 3.10. The van der Waals surface area contributed by atoms with Gasteiger partial charge in [0.1, 0.15) is 5.82 Å². The minimum absolute atomic E-state index is 0.240. The Kier molecular flexibility index (Phi) is 4.75. The van der Waals surface area contributed by atoms with Gasteiger partial charge in [-0.1, -0.05) is 26.0 Å². The van der Waals surface area contributed by atoms with Gasteiger partial charge in [-0.05, 0) is 29.7 Å². The zero-order chi connectivity index (χ0) is 14.5. The molecular formula is C15H17ClN4. The van der Waals surface area contributed by atoms with E-state index in [0.29, 0.717) is 18.9 Å². The van der Waals surface area contributed by atoms with Gasteiger partial charge in [0.2, 0.25) is 5.28 Å². The highest BCUT2D eigenvalue weighted by molar-refractivity contribution is 6.28. The van der Waals surface area contributed by atoms with Gasteiger partial charge in [0.15, 0.2) is 0 Å². The molecule has 2 rings (SSSR count). The van der Waals surface area contributed by atoms with Crippen molar-refractivity contribution < 1.29 is 0 Å². The summed E-state index contributed by atoms with van der Waals surface area (Å²) in [6.07, 6.45) is 0.461. The second kappa shape index (κ2) is 6.53. The largest absolute Gasteiger partial charge is 0.355 e. The Bertz CT molecular complexity index is 633. The number of para-hydroxylation sites is 1. The van der Waals surface area contributed by atoms with E-state index in [0.717, 1.165) is 23.3 Å². The first-order valence-corrected chi connectivity index (χ1v) is 7.03. The highest BCUT2D eigenvalue weighted by Crippen LogP contribution is 2.26. The zero-order valence-electron chi connectivity index (χ0n) is 11.7. The van der Waals surface area contributed by atoms with Crippen LogP contribution in [0.2, 0.25) is 5.28 Å². The smallest absolute Gasteiger partial charge is 0.224 e. The molecule has 0 amide bonds. The van der Waals surface area contributed by atoms with Crippen LogP contribution in [0.1, 0.15) is 20.3 Å². The average Bonchev–Trinajstić information content (AvgIpc) is 2.42. The Hall–Kier alpha value is -1.86. The summed E-state index contributed by atoms with van der Waals surface area (Å²) in [5.74, 6) is 1.28. The van der Waals surface area contributed by atoms with Gasteiger partial charge >= 0.3 is 0 Å².